The fourth-order valence-electron chi connectivity index (χ4n) is 5.95. The van der Waals surface area contributed by atoms with Crippen molar-refractivity contribution in [3.63, 3.8) is 0 Å². The van der Waals surface area contributed by atoms with Crippen molar-refractivity contribution in [3.8, 4) is 0 Å². The molecular weight excluding hydrogens is 420 g/mol. The van der Waals surface area contributed by atoms with Gasteiger partial charge in [-0.2, -0.15) is 0 Å². The van der Waals surface area contributed by atoms with Gasteiger partial charge in [0.2, 0.25) is 5.78 Å². The largest absolute Gasteiger partial charge is 0.387 e. The molecule has 4 heterocycles. The lowest BCUT2D eigenvalue weighted by atomic mass is 9.73. The van der Waals surface area contributed by atoms with E-state index in [0.29, 0.717) is 23.1 Å². The molecule has 5 atom stereocenters. The summed E-state index contributed by atoms with van der Waals surface area (Å²) in [5.74, 6) is 0.938. The Morgan fingerprint density at radius 2 is 1.85 bits per heavy atom. The number of benzene rings is 3. The van der Waals surface area contributed by atoms with E-state index in [1.165, 1.54) is 0 Å². The molecule has 3 fully saturated rings. The molecule has 0 radical (unpaired) electrons. The third-order valence-electron chi connectivity index (χ3n) is 7.83. The fourth-order valence-corrected chi connectivity index (χ4v) is 5.95. The summed E-state index contributed by atoms with van der Waals surface area (Å²) in [6.07, 6.45) is 3.50. The van der Waals surface area contributed by atoms with Crippen molar-refractivity contribution in [2.24, 2.45) is 11.8 Å². The van der Waals surface area contributed by atoms with Crippen LogP contribution in [-0.2, 0) is 0 Å². The van der Waals surface area contributed by atoms with Crippen LogP contribution in [0.3, 0.4) is 0 Å². The molecule has 1 aromatic heterocycles. The zero-order chi connectivity index (χ0) is 23.2. The Balaban J connectivity index is 1.40. The van der Waals surface area contributed by atoms with Gasteiger partial charge >= 0.3 is 0 Å². The molecule has 1 N–H and O–H groups in total. The Morgan fingerprint density at radius 1 is 1.06 bits per heavy atom. The molecule has 7 rings (SSSR count). The highest BCUT2D eigenvalue weighted by Gasteiger charge is 2.42. The van der Waals surface area contributed by atoms with Gasteiger partial charge in [0.05, 0.1) is 11.6 Å². The number of hydrogen-bond acceptors (Lipinski definition) is 4. The van der Waals surface area contributed by atoms with Crippen LogP contribution in [0.15, 0.2) is 85.5 Å². The van der Waals surface area contributed by atoms with Gasteiger partial charge in [0.1, 0.15) is 5.69 Å². The third-order valence-corrected chi connectivity index (χ3v) is 7.83. The number of hydrogen-bond donors (Lipinski definition) is 1. The van der Waals surface area contributed by atoms with E-state index in [0.717, 1.165) is 53.2 Å². The Morgan fingerprint density at radius 3 is 2.65 bits per heavy atom. The molecule has 3 aliphatic heterocycles. The van der Waals surface area contributed by atoms with Crippen LogP contribution in [-0.4, -0.2) is 39.9 Å². The van der Waals surface area contributed by atoms with Crippen LogP contribution in [0.25, 0.3) is 21.7 Å². The van der Waals surface area contributed by atoms with Crippen LogP contribution >= 0.6 is 0 Å². The molecule has 0 aliphatic carbocycles. The average molecular weight is 449 g/mol. The van der Waals surface area contributed by atoms with Crippen molar-refractivity contribution in [1.82, 2.24) is 9.88 Å². The van der Waals surface area contributed by atoms with Crippen LogP contribution in [0.5, 0.6) is 0 Å². The van der Waals surface area contributed by atoms with Crippen LogP contribution in [0.1, 0.15) is 40.6 Å². The molecule has 3 aliphatic rings. The van der Waals surface area contributed by atoms with Gasteiger partial charge in [-0.3, -0.25) is 9.69 Å². The summed E-state index contributed by atoms with van der Waals surface area (Å²) >= 11 is 0. The van der Waals surface area contributed by atoms with Crippen LogP contribution in [0.2, 0.25) is 0 Å². The van der Waals surface area contributed by atoms with Gasteiger partial charge in [-0.1, -0.05) is 60.7 Å². The first-order chi connectivity index (χ1) is 16.6. The number of para-hydroxylation sites is 1. The summed E-state index contributed by atoms with van der Waals surface area (Å²) in [5, 5.41) is 14.7. The van der Waals surface area contributed by atoms with E-state index in [9.17, 15) is 9.90 Å². The topological polar surface area (TPSA) is 53.4 Å². The maximum Gasteiger partial charge on any atom is 0.211 e. The lowest BCUT2D eigenvalue weighted by Crippen LogP contribution is -2.54. The van der Waals surface area contributed by atoms with Crippen molar-refractivity contribution in [2.45, 2.75) is 25.0 Å². The summed E-state index contributed by atoms with van der Waals surface area (Å²) in [7, 11) is 0. The lowest BCUT2D eigenvalue weighted by molar-refractivity contribution is -0.0444. The second-order valence-corrected chi connectivity index (χ2v) is 9.70. The molecule has 2 bridgehead atoms. The molecule has 4 aromatic rings. The Labute approximate surface area is 199 Å². The molecule has 3 aromatic carbocycles. The van der Waals surface area contributed by atoms with E-state index < -0.39 is 6.10 Å². The zero-order valence-corrected chi connectivity index (χ0v) is 19.1. The highest BCUT2D eigenvalue weighted by Crippen LogP contribution is 2.42. The quantitative estimate of drug-likeness (QED) is 0.321. The first kappa shape index (κ1) is 21.2. The van der Waals surface area contributed by atoms with E-state index in [-0.39, 0.29) is 11.8 Å². The Hall–Kier alpha value is -3.34. The lowest BCUT2D eigenvalue weighted by Gasteiger charge is -2.50. The number of nitrogens with zero attached hydrogens (tertiary/aromatic N) is 2. The van der Waals surface area contributed by atoms with Crippen LogP contribution < -0.4 is 0 Å². The van der Waals surface area contributed by atoms with Crippen molar-refractivity contribution in [1.29, 1.82) is 0 Å². The predicted octanol–water partition coefficient (Wildman–Crippen LogP) is 5.55. The second-order valence-electron chi connectivity index (χ2n) is 9.70. The predicted molar refractivity (Wildman–Crippen MR) is 136 cm³/mol. The molecule has 1 unspecified atom stereocenters. The number of carbonyl (C=O) groups is 1. The monoisotopic (exact) mass is 448 g/mol. The molecule has 0 spiro atoms. The normalized spacial score (nSPS) is 24.9. The average Bonchev–Trinajstić information content (AvgIpc) is 2.91. The number of piperidine rings is 3. The molecule has 3 saturated heterocycles. The summed E-state index contributed by atoms with van der Waals surface area (Å²) in [6, 6.07) is 23.4. The number of carbonyl (C=O) groups excluding carboxylic acids is 1. The minimum Gasteiger partial charge on any atom is -0.387 e. The van der Waals surface area contributed by atoms with E-state index in [2.05, 4.69) is 17.6 Å². The van der Waals surface area contributed by atoms with Crippen molar-refractivity contribution in [2.75, 3.05) is 13.1 Å². The fraction of sp³-hybridized carbons (Fsp3) is 0.267. The Kier molecular flexibility index (Phi) is 5.28. The van der Waals surface area contributed by atoms with E-state index in [1.807, 2.05) is 72.8 Å². The third kappa shape index (κ3) is 3.54. The highest BCUT2D eigenvalue weighted by molar-refractivity contribution is 6.10. The van der Waals surface area contributed by atoms with Gasteiger partial charge in [0.15, 0.2) is 0 Å². The van der Waals surface area contributed by atoms with Gasteiger partial charge in [-0.25, -0.2) is 4.98 Å². The first-order valence-corrected chi connectivity index (χ1v) is 12.1. The van der Waals surface area contributed by atoms with Gasteiger partial charge in [-0.05, 0) is 65.8 Å². The van der Waals surface area contributed by atoms with Gasteiger partial charge < -0.3 is 5.11 Å². The van der Waals surface area contributed by atoms with E-state index >= 15 is 0 Å². The highest BCUT2D eigenvalue weighted by atomic mass is 16.3. The van der Waals surface area contributed by atoms with E-state index in [4.69, 9.17) is 4.98 Å². The maximum absolute atomic E-state index is 13.5. The number of fused-ring (bicyclic) bond motifs is 5. The van der Waals surface area contributed by atoms with Crippen LogP contribution in [0.4, 0.5) is 0 Å². The Bertz CT molecular complexity index is 1410. The second kappa shape index (κ2) is 8.46. The van der Waals surface area contributed by atoms with Gasteiger partial charge in [0, 0.05) is 23.5 Å². The summed E-state index contributed by atoms with van der Waals surface area (Å²) in [6.45, 7) is 5.96. The van der Waals surface area contributed by atoms with E-state index in [1.54, 1.807) is 0 Å². The smallest absolute Gasteiger partial charge is 0.211 e. The molecule has 4 heteroatoms. The number of ketones is 1. The molecule has 0 amide bonds. The molecule has 170 valence electrons. The minimum absolute atomic E-state index is 0.0457. The summed E-state index contributed by atoms with van der Waals surface area (Å²) in [5.41, 5.74) is 2.52. The molecule has 34 heavy (non-hydrogen) atoms. The molecule has 4 nitrogen and oxygen atoms in total. The maximum atomic E-state index is 13.5. The standard InChI is InChI=1S/C30H28N2O2/c1-2-19-18-32-14-13-22(19)16-28(32)30(34)25-17-27(31-26-10-6-5-9-24(25)26)29(33)23-12-11-20-7-3-4-8-21(20)15-23/h2-12,15,17,19,22,28,30,34H,1,13-14,16,18H2/t19-,22+,28+,30-/m1/s1. The first-order valence-electron chi connectivity index (χ1n) is 12.1. The number of aliphatic hydroxyl groups excluding tert-OH is 1. The zero-order valence-electron chi connectivity index (χ0n) is 19.1. The molecule has 0 saturated carbocycles. The van der Waals surface area contributed by atoms with Crippen LogP contribution in [0, 0.1) is 11.8 Å². The number of pyridine rings is 1. The SMILES string of the molecule is C=C[C@@H]1CN2CC[C@H]1C[C@H]2[C@H](O)c1cc(C(=O)c2ccc3ccccc3c2)nc2ccccc12. The van der Waals surface area contributed by atoms with Crippen molar-refractivity contribution >= 4 is 27.5 Å². The summed E-state index contributed by atoms with van der Waals surface area (Å²) in [4.78, 5) is 20.6. The van der Waals surface area contributed by atoms with Gasteiger partial charge in [-0.15, -0.1) is 6.58 Å². The number of aromatic nitrogens is 1. The van der Waals surface area contributed by atoms with Crippen molar-refractivity contribution < 1.29 is 9.90 Å². The van der Waals surface area contributed by atoms with Gasteiger partial charge in [0.25, 0.3) is 0 Å². The molecular formula is C30H28N2O2. The summed E-state index contributed by atoms with van der Waals surface area (Å²) < 4.78 is 0. The number of rotatable bonds is 5. The van der Waals surface area contributed by atoms with Crippen molar-refractivity contribution in [3.05, 3.63) is 102 Å². The number of aliphatic hydroxyl groups is 1. The minimum atomic E-state index is -0.676.